The third-order valence-corrected chi connectivity index (χ3v) is 3.59. The third-order valence-electron chi connectivity index (χ3n) is 3.59. The largest absolute Gasteiger partial charge is 0.381 e. The van der Waals surface area contributed by atoms with E-state index in [1.807, 2.05) is 0 Å². The molecule has 0 amide bonds. The van der Waals surface area contributed by atoms with Gasteiger partial charge in [0.2, 0.25) is 0 Å². The predicted octanol–water partition coefficient (Wildman–Crippen LogP) is 1.34. The molecule has 1 heterocycles. The number of likely N-dealkylation sites (N-methyl/N-ethyl adjacent to an activating group) is 1. The maximum absolute atomic E-state index is 5.38. The minimum atomic E-state index is 0.604. The van der Waals surface area contributed by atoms with Crippen molar-refractivity contribution in [2.75, 3.05) is 33.9 Å². The number of rotatable bonds is 5. The summed E-state index contributed by atoms with van der Waals surface area (Å²) < 4.78 is 5.38. The molecular weight excluding hydrogens is 188 g/mol. The van der Waals surface area contributed by atoms with E-state index in [9.17, 15) is 0 Å². The van der Waals surface area contributed by atoms with Crippen molar-refractivity contribution in [2.45, 2.75) is 38.8 Å². The fourth-order valence-electron chi connectivity index (χ4n) is 1.92. The molecule has 0 aromatic carbocycles. The number of nitrogens with zero attached hydrogens (tertiary/aromatic N) is 1. The Morgan fingerprint density at radius 2 is 1.87 bits per heavy atom. The first-order chi connectivity index (χ1) is 7.11. The molecule has 1 rings (SSSR count). The maximum Gasteiger partial charge on any atom is 0.0469 e. The van der Waals surface area contributed by atoms with E-state index in [0.717, 1.165) is 25.7 Å². The Morgan fingerprint density at radius 1 is 1.27 bits per heavy atom. The van der Waals surface area contributed by atoms with Crippen LogP contribution in [0.4, 0.5) is 0 Å². The van der Waals surface area contributed by atoms with E-state index < -0.39 is 0 Å². The summed E-state index contributed by atoms with van der Waals surface area (Å²) in [6, 6.07) is 1.23. The normalized spacial score (nSPS) is 23.0. The van der Waals surface area contributed by atoms with Crippen molar-refractivity contribution in [3.63, 3.8) is 0 Å². The van der Waals surface area contributed by atoms with Crippen molar-refractivity contribution >= 4 is 0 Å². The fraction of sp³-hybridized carbons (Fsp3) is 1.00. The minimum Gasteiger partial charge on any atom is -0.381 e. The number of hydrogen-bond acceptors (Lipinski definition) is 3. The van der Waals surface area contributed by atoms with Crippen LogP contribution >= 0.6 is 0 Å². The first-order valence-electron chi connectivity index (χ1n) is 6.08. The molecule has 3 nitrogen and oxygen atoms in total. The number of nitrogens with one attached hydrogen (secondary N) is 1. The van der Waals surface area contributed by atoms with Crippen LogP contribution < -0.4 is 5.32 Å². The van der Waals surface area contributed by atoms with E-state index in [2.05, 4.69) is 38.2 Å². The van der Waals surface area contributed by atoms with Gasteiger partial charge in [0.1, 0.15) is 0 Å². The van der Waals surface area contributed by atoms with Crippen LogP contribution in [0.25, 0.3) is 0 Å². The van der Waals surface area contributed by atoms with Crippen LogP contribution in [-0.4, -0.2) is 50.8 Å². The maximum atomic E-state index is 5.38. The lowest BCUT2D eigenvalue weighted by Gasteiger charge is -2.30. The second kappa shape index (κ2) is 6.46. The van der Waals surface area contributed by atoms with Gasteiger partial charge in [0.05, 0.1) is 0 Å². The molecule has 0 aromatic rings. The van der Waals surface area contributed by atoms with Gasteiger partial charge in [-0.1, -0.05) is 0 Å². The molecule has 0 saturated carbocycles. The predicted molar refractivity (Wildman–Crippen MR) is 64.2 cm³/mol. The molecule has 0 radical (unpaired) electrons. The number of ether oxygens (including phenoxy) is 1. The Hall–Kier alpha value is -0.120. The van der Waals surface area contributed by atoms with Crippen LogP contribution in [0.1, 0.15) is 26.7 Å². The highest BCUT2D eigenvalue weighted by Gasteiger charge is 2.20. The molecular formula is C12H26N2O. The van der Waals surface area contributed by atoms with E-state index >= 15 is 0 Å². The number of hydrogen-bond donors (Lipinski definition) is 1. The van der Waals surface area contributed by atoms with E-state index in [1.165, 1.54) is 12.8 Å². The van der Waals surface area contributed by atoms with Gasteiger partial charge in [-0.15, -0.1) is 0 Å². The summed E-state index contributed by atoms with van der Waals surface area (Å²) in [4.78, 5) is 2.25. The molecule has 0 bridgehead atoms. The molecule has 0 spiro atoms. The highest BCUT2D eigenvalue weighted by atomic mass is 16.5. The highest BCUT2D eigenvalue weighted by molar-refractivity contribution is 4.76. The zero-order valence-electron chi connectivity index (χ0n) is 10.6. The van der Waals surface area contributed by atoms with Crippen molar-refractivity contribution in [1.29, 1.82) is 0 Å². The lowest BCUT2D eigenvalue weighted by atomic mass is 9.93. The summed E-state index contributed by atoms with van der Waals surface area (Å²) in [5.74, 6) is 0.799. The summed E-state index contributed by atoms with van der Waals surface area (Å²) in [5, 5.41) is 3.64. The Kier molecular flexibility index (Phi) is 5.58. The smallest absolute Gasteiger partial charge is 0.0469 e. The molecule has 1 aliphatic heterocycles. The molecule has 1 N–H and O–H groups in total. The van der Waals surface area contributed by atoms with Gasteiger partial charge in [0.15, 0.2) is 0 Å². The monoisotopic (exact) mass is 214 g/mol. The van der Waals surface area contributed by atoms with Gasteiger partial charge in [0, 0.05) is 31.8 Å². The lowest BCUT2D eigenvalue weighted by molar-refractivity contribution is 0.0552. The van der Waals surface area contributed by atoms with Crippen molar-refractivity contribution in [3.05, 3.63) is 0 Å². The molecule has 15 heavy (non-hydrogen) atoms. The van der Waals surface area contributed by atoms with Gasteiger partial charge in [-0.2, -0.15) is 0 Å². The Labute approximate surface area is 94.2 Å². The van der Waals surface area contributed by atoms with Gasteiger partial charge in [-0.05, 0) is 46.7 Å². The van der Waals surface area contributed by atoms with Gasteiger partial charge < -0.3 is 15.0 Å². The first kappa shape index (κ1) is 12.9. The molecule has 1 aliphatic rings. The average molecular weight is 214 g/mol. The zero-order valence-corrected chi connectivity index (χ0v) is 10.6. The highest BCUT2D eigenvalue weighted by Crippen LogP contribution is 2.18. The molecule has 2 atom stereocenters. The topological polar surface area (TPSA) is 24.5 Å². The quantitative estimate of drug-likeness (QED) is 0.747. The molecule has 2 unspecified atom stereocenters. The Balaban J connectivity index is 2.19. The lowest BCUT2D eigenvalue weighted by Crippen LogP contribution is -2.43. The fourth-order valence-corrected chi connectivity index (χ4v) is 1.92. The standard InChI is InChI=1S/C12H26N2O/c1-10(14(3)4)9-13-11(2)12-5-7-15-8-6-12/h10-13H,5-9H2,1-4H3. The summed E-state index contributed by atoms with van der Waals surface area (Å²) >= 11 is 0. The molecule has 0 aliphatic carbocycles. The van der Waals surface area contributed by atoms with Crippen LogP contribution in [-0.2, 0) is 4.74 Å². The van der Waals surface area contributed by atoms with E-state index in [-0.39, 0.29) is 0 Å². The van der Waals surface area contributed by atoms with Crippen molar-refractivity contribution < 1.29 is 4.74 Å². The van der Waals surface area contributed by atoms with Crippen LogP contribution in [0.2, 0.25) is 0 Å². The summed E-state index contributed by atoms with van der Waals surface area (Å²) in [6.07, 6.45) is 2.43. The molecule has 3 heteroatoms. The zero-order chi connectivity index (χ0) is 11.3. The third kappa shape index (κ3) is 4.49. The van der Waals surface area contributed by atoms with Crippen molar-refractivity contribution in [1.82, 2.24) is 10.2 Å². The van der Waals surface area contributed by atoms with Gasteiger partial charge in [-0.25, -0.2) is 0 Å². The molecule has 1 saturated heterocycles. The van der Waals surface area contributed by atoms with Crippen LogP contribution in [0, 0.1) is 5.92 Å². The van der Waals surface area contributed by atoms with E-state index in [4.69, 9.17) is 4.74 Å². The molecule has 90 valence electrons. The summed E-state index contributed by atoms with van der Waals surface area (Å²) in [7, 11) is 4.26. The van der Waals surface area contributed by atoms with Crippen molar-refractivity contribution in [3.8, 4) is 0 Å². The second-order valence-electron chi connectivity index (χ2n) is 4.96. The molecule has 0 aromatic heterocycles. The second-order valence-corrected chi connectivity index (χ2v) is 4.96. The first-order valence-corrected chi connectivity index (χ1v) is 6.08. The van der Waals surface area contributed by atoms with Crippen LogP contribution in [0.5, 0.6) is 0 Å². The van der Waals surface area contributed by atoms with E-state index in [1.54, 1.807) is 0 Å². The van der Waals surface area contributed by atoms with Gasteiger partial charge in [0.25, 0.3) is 0 Å². The SMILES string of the molecule is CC(NCC(C)N(C)C)C1CCOCC1. The van der Waals surface area contributed by atoms with Crippen molar-refractivity contribution in [2.24, 2.45) is 5.92 Å². The van der Waals surface area contributed by atoms with E-state index in [0.29, 0.717) is 12.1 Å². The Bertz CT molecular complexity index is 167. The van der Waals surface area contributed by atoms with Crippen LogP contribution in [0.3, 0.4) is 0 Å². The summed E-state index contributed by atoms with van der Waals surface area (Å²) in [6.45, 7) is 7.52. The minimum absolute atomic E-state index is 0.604. The Morgan fingerprint density at radius 3 is 2.40 bits per heavy atom. The van der Waals surface area contributed by atoms with Gasteiger partial charge in [-0.3, -0.25) is 0 Å². The van der Waals surface area contributed by atoms with Gasteiger partial charge >= 0.3 is 0 Å². The molecule has 1 fully saturated rings. The van der Waals surface area contributed by atoms with Crippen LogP contribution in [0.15, 0.2) is 0 Å². The average Bonchev–Trinajstić information content (AvgIpc) is 2.26. The summed E-state index contributed by atoms with van der Waals surface area (Å²) in [5.41, 5.74) is 0.